The Bertz CT molecular complexity index is 1080. The predicted octanol–water partition coefficient (Wildman–Crippen LogP) is 4.52. The van der Waals surface area contributed by atoms with Gasteiger partial charge in [-0.05, 0) is 29.7 Å². The van der Waals surface area contributed by atoms with Gasteiger partial charge in [-0.2, -0.15) is 18.3 Å². The molecule has 0 fully saturated rings. The number of benzene rings is 2. The third-order valence-corrected chi connectivity index (χ3v) is 5.52. The van der Waals surface area contributed by atoms with E-state index in [1.54, 1.807) is 24.3 Å². The number of hydrogen-bond donors (Lipinski definition) is 2. The fourth-order valence-corrected chi connectivity index (χ4v) is 3.87. The lowest BCUT2D eigenvalue weighted by molar-refractivity contribution is -0.173. The van der Waals surface area contributed by atoms with E-state index in [2.05, 4.69) is 15.7 Å². The summed E-state index contributed by atoms with van der Waals surface area (Å²) in [4.78, 5) is 12.8. The number of ether oxygens (including phenoxy) is 1. The van der Waals surface area contributed by atoms with Gasteiger partial charge in [0.05, 0.1) is 19.3 Å². The van der Waals surface area contributed by atoms with Gasteiger partial charge in [0.15, 0.2) is 6.04 Å². The maximum absolute atomic E-state index is 13.8. The first-order valence-electron chi connectivity index (χ1n) is 10.2. The average Bonchev–Trinajstić information content (AvgIpc) is 3.22. The lowest BCUT2D eigenvalue weighted by Crippen LogP contribution is -2.36. The van der Waals surface area contributed by atoms with E-state index in [0.717, 1.165) is 10.2 Å². The summed E-state index contributed by atoms with van der Waals surface area (Å²) in [6.45, 7) is 0.357. The number of nitrogens with one attached hydrogen (secondary N) is 2. The highest BCUT2D eigenvalue weighted by atomic mass is 19.4. The minimum absolute atomic E-state index is 0.0589. The minimum Gasteiger partial charge on any atom is -0.497 e. The first-order chi connectivity index (χ1) is 15.4. The average molecular weight is 444 g/mol. The maximum atomic E-state index is 13.8. The van der Waals surface area contributed by atoms with Crippen LogP contribution in [0.15, 0.2) is 60.8 Å². The molecule has 32 heavy (non-hydrogen) atoms. The number of aromatic nitrogens is 2. The van der Waals surface area contributed by atoms with E-state index in [1.807, 2.05) is 30.3 Å². The molecule has 2 N–H and O–H groups in total. The number of methoxy groups -OCH3 is 1. The van der Waals surface area contributed by atoms with Crippen LogP contribution >= 0.6 is 0 Å². The van der Waals surface area contributed by atoms with Gasteiger partial charge in [-0.15, -0.1) is 0 Å². The molecule has 1 aliphatic rings. The lowest BCUT2D eigenvalue weighted by atomic mass is 9.96. The van der Waals surface area contributed by atoms with Gasteiger partial charge >= 0.3 is 6.18 Å². The fourth-order valence-electron chi connectivity index (χ4n) is 3.87. The summed E-state index contributed by atoms with van der Waals surface area (Å²) >= 11 is 0. The van der Waals surface area contributed by atoms with Crippen LogP contribution < -0.4 is 15.4 Å². The number of carbonyl (C=O) groups is 1. The molecular formula is C23H23F3N4O2. The molecule has 6 nitrogen and oxygen atoms in total. The highest BCUT2D eigenvalue weighted by Crippen LogP contribution is 2.44. The highest BCUT2D eigenvalue weighted by molar-refractivity contribution is 5.98. The summed E-state index contributed by atoms with van der Waals surface area (Å²) in [6, 6.07) is 14.0. The normalized spacial score (nSPS) is 17.9. The van der Waals surface area contributed by atoms with Crippen molar-refractivity contribution in [1.82, 2.24) is 15.1 Å². The van der Waals surface area contributed by atoms with Crippen molar-refractivity contribution in [3.63, 3.8) is 0 Å². The van der Waals surface area contributed by atoms with Crippen molar-refractivity contribution < 1.29 is 22.7 Å². The van der Waals surface area contributed by atoms with Gasteiger partial charge in [-0.1, -0.05) is 42.5 Å². The second-order valence-corrected chi connectivity index (χ2v) is 7.61. The van der Waals surface area contributed by atoms with Gasteiger partial charge in [0.25, 0.3) is 5.91 Å². The van der Waals surface area contributed by atoms with Crippen LogP contribution in [0, 0.1) is 0 Å². The van der Waals surface area contributed by atoms with Crippen LogP contribution in [0.1, 0.15) is 40.0 Å². The molecule has 0 spiro atoms. The third kappa shape index (κ3) is 4.56. The smallest absolute Gasteiger partial charge is 0.410 e. The molecule has 168 valence electrons. The van der Waals surface area contributed by atoms with Gasteiger partial charge in [-0.3, -0.25) is 4.79 Å². The van der Waals surface area contributed by atoms with Crippen LogP contribution in [0.4, 0.5) is 19.0 Å². The molecule has 1 amide bonds. The van der Waals surface area contributed by atoms with E-state index in [0.29, 0.717) is 24.3 Å². The van der Waals surface area contributed by atoms with Crippen molar-refractivity contribution >= 4 is 11.7 Å². The van der Waals surface area contributed by atoms with Crippen LogP contribution in [0.5, 0.6) is 5.75 Å². The fraction of sp³-hybridized carbons (Fsp3) is 0.304. The molecule has 9 heteroatoms. The molecule has 4 rings (SSSR count). The largest absolute Gasteiger partial charge is 0.497 e. The Morgan fingerprint density at radius 1 is 1.22 bits per heavy atom. The van der Waals surface area contributed by atoms with E-state index in [-0.39, 0.29) is 17.8 Å². The third-order valence-electron chi connectivity index (χ3n) is 5.52. The van der Waals surface area contributed by atoms with Crippen molar-refractivity contribution in [2.75, 3.05) is 19.0 Å². The standard InChI is InChI=1S/C23H23F3N4O2/c1-32-17-9-5-8-16(12-17)19-13-20(23(24,25)26)30-21(29-19)18(14-28-30)22(31)27-11-10-15-6-3-2-4-7-15/h2-9,12,14,19-20,29H,10-11,13H2,1H3,(H,27,31)/t19-,20+/m0/s1. The van der Waals surface area contributed by atoms with Crippen molar-refractivity contribution in [3.05, 3.63) is 77.5 Å². The molecule has 0 saturated heterocycles. The molecule has 0 aliphatic carbocycles. The van der Waals surface area contributed by atoms with E-state index in [1.165, 1.54) is 13.3 Å². The number of anilines is 1. The summed E-state index contributed by atoms with van der Waals surface area (Å²) < 4.78 is 47.6. The van der Waals surface area contributed by atoms with Gasteiger partial charge in [-0.25, -0.2) is 4.68 Å². The Kier molecular flexibility index (Phi) is 6.07. The van der Waals surface area contributed by atoms with E-state index in [9.17, 15) is 18.0 Å². The van der Waals surface area contributed by atoms with Crippen LogP contribution in [0.3, 0.4) is 0 Å². The summed E-state index contributed by atoms with van der Waals surface area (Å²) in [5.74, 6) is 0.135. The van der Waals surface area contributed by atoms with Gasteiger partial charge in [0.1, 0.15) is 17.1 Å². The number of halogens is 3. The molecule has 2 atom stereocenters. The Morgan fingerprint density at radius 3 is 2.72 bits per heavy atom. The summed E-state index contributed by atoms with van der Waals surface area (Å²) in [6.07, 6.45) is -2.96. The number of rotatable bonds is 6. The molecule has 2 heterocycles. The zero-order chi connectivity index (χ0) is 22.7. The van der Waals surface area contributed by atoms with Gasteiger partial charge in [0.2, 0.25) is 0 Å². The second kappa shape index (κ2) is 8.94. The van der Waals surface area contributed by atoms with Crippen molar-refractivity contribution in [2.45, 2.75) is 31.1 Å². The van der Waals surface area contributed by atoms with Crippen molar-refractivity contribution in [3.8, 4) is 5.75 Å². The monoisotopic (exact) mass is 444 g/mol. The number of fused-ring (bicyclic) bond motifs is 1. The molecule has 1 aromatic heterocycles. The summed E-state index contributed by atoms with van der Waals surface area (Å²) in [5, 5.41) is 9.77. The predicted molar refractivity (Wildman–Crippen MR) is 114 cm³/mol. The lowest BCUT2D eigenvalue weighted by Gasteiger charge is -2.34. The van der Waals surface area contributed by atoms with Crippen molar-refractivity contribution in [1.29, 1.82) is 0 Å². The van der Waals surface area contributed by atoms with Crippen LogP contribution in [-0.4, -0.2) is 35.5 Å². The first-order valence-corrected chi connectivity index (χ1v) is 10.2. The Balaban J connectivity index is 1.57. The van der Waals surface area contributed by atoms with Gasteiger partial charge in [0, 0.05) is 13.0 Å². The van der Waals surface area contributed by atoms with Crippen LogP contribution in [0.25, 0.3) is 0 Å². The minimum atomic E-state index is -4.51. The number of nitrogens with zero attached hydrogens (tertiary/aromatic N) is 2. The molecule has 1 aliphatic heterocycles. The number of alkyl halides is 3. The van der Waals surface area contributed by atoms with E-state index in [4.69, 9.17) is 4.74 Å². The molecule has 0 radical (unpaired) electrons. The molecule has 2 aromatic carbocycles. The summed E-state index contributed by atoms with van der Waals surface area (Å²) in [5.41, 5.74) is 1.78. The zero-order valence-electron chi connectivity index (χ0n) is 17.4. The topological polar surface area (TPSA) is 68.2 Å². The molecule has 0 saturated carbocycles. The second-order valence-electron chi connectivity index (χ2n) is 7.61. The maximum Gasteiger partial charge on any atom is 0.410 e. The quantitative estimate of drug-likeness (QED) is 0.587. The Morgan fingerprint density at radius 2 is 2.00 bits per heavy atom. The summed E-state index contributed by atoms with van der Waals surface area (Å²) in [7, 11) is 1.50. The van der Waals surface area contributed by atoms with Crippen LogP contribution in [0.2, 0.25) is 0 Å². The number of hydrogen-bond acceptors (Lipinski definition) is 4. The molecule has 0 unspecified atom stereocenters. The Hall–Kier alpha value is -3.49. The van der Waals surface area contributed by atoms with Crippen LogP contribution in [-0.2, 0) is 6.42 Å². The number of amides is 1. The van der Waals surface area contributed by atoms with E-state index < -0.39 is 24.2 Å². The first kappa shape index (κ1) is 21.7. The SMILES string of the molecule is COc1cccc([C@@H]2C[C@H](C(F)(F)F)n3ncc(C(=O)NCCc4ccccc4)c3N2)c1. The molecule has 3 aromatic rings. The zero-order valence-corrected chi connectivity index (χ0v) is 17.4. The Labute approximate surface area is 183 Å². The number of carbonyl (C=O) groups excluding carboxylic acids is 1. The van der Waals surface area contributed by atoms with E-state index >= 15 is 0 Å². The molecular weight excluding hydrogens is 421 g/mol. The molecule has 0 bridgehead atoms. The van der Waals surface area contributed by atoms with Crippen molar-refractivity contribution in [2.24, 2.45) is 0 Å². The highest BCUT2D eigenvalue weighted by Gasteiger charge is 2.47. The van der Waals surface area contributed by atoms with Gasteiger partial charge < -0.3 is 15.4 Å².